The SMILES string of the molecule is CCC1CCC(NC(=O)c2nc(-c3ccccc3)n3c2CN(C(=O)c2ccccc2)CC3)C1(C)C. The average Bonchev–Trinajstić information content (AvgIpc) is 3.41. The second kappa shape index (κ2) is 9.33. The normalized spacial score (nSPS) is 20.9. The van der Waals surface area contributed by atoms with Gasteiger partial charge in [0.1, 0.15) is 5.82 Å². The van der Waals surface area contributed by atoms with Crippen LogP contribution < -0.4 is 5.32 Å². The second-order valence-electron chi connectivity index (χ2n) is 10.4. The van der Waals surface area contributed by atoms with E-state index in [1.807, 2.05) is 65.6 Å². The second-order valence-corrected chi connectivity index (χ2v) is 10.4. The molecule has 0 spiro atoms. The molecule has 6 heteroatoms. The van der Waals surface area contributed by atoms with Gasteiger partial charge in [0.2, 0.25) is 0 Å². The van der Waals surface area contributed by atoms with Gasteiger partial charge in [-0.2, -0.15) is 0 Å². The van der Waals surface area contributed by atoms with Crippen molar-refractivity contribution in [2.75, 3.05) is 6.54 Å². The zero-order valence-electron chi connectivity index (χ0n) is 20.8. The summed E-state index contributed by atoms with van der Waals surface area (Å²) >= 11 is 0. The van der Waals surface area contributed by atoms with Gasteiger partial charge >= 0.3 is 0 Å². The number of carbonyl (C=O) groups excluding carboxylic acids is 2. The third-order valence-electron chi connectivity index (χ3n) is 8.11. The number of fused-ring (bicyclic) bond motifs is 1. The molecular weight excluding hydrogens is 436 g/mol. The van der Waals surface area contributed by atoms with Crippen LogP contribution in [0.4, 0.5) is 0 Å². The number of carbonyl (C=O) groups is 2. The Morgan fingerprint density at radius 1 is 1.00 bits per heavy atom. The molecule has 0 saturated heterocycles. The molecule has 2 aromatic carbocycles. The van der Waals surface area contributed by atoms with E-state index in [4.69, 9.17) is 4.98 Å². The van der Waals surface area contributed by atoms with E-state index in [0.717, 1.165) is 36.3 Å². The zero-order valence-corrected chi connectivity index (χ0v) is 20.8. The average molecular weight is 471 g/mol. The van der Waals surface area contributed by atoms with Crippen LogP contribution in [-0.4, -0.2) is 38.9 Å². The maximum atomic E-state index is 13.7. The predicted octanol–water partition coefficient (Wildman–Crippen LogP) is 5.15. The van der Waals surface area contributed by atoms with Crippen molar-refractivity contribution in [3.05, 3.63) is 77.6 Å². The minimum atomic E-state index is -0.139. The highest BCUT2D eigenvalue weighted by atomic mass is 16.2. The van der Waals surface area contributed by atoms with Gasteiger partial charge in [-0.05, 0) is 36.3 Å². The number of nitrogens with one attached hydrogen (secondary N) is 1. The third kappa shape index (κ3) is 4.26. The Kier molecular flexibility index (Phi) is 6.22. The fourth-order valence-electron chi connectivity index (χ4n) is 5.91. The molecule has 0 bridgehead atoms. The van der Waals surface area contributed by atoms with Crippen LogP contribution in [0.2, 0.25) is 0 Å². The van der Waals surface area contributed by atoms with E-state index in [1.54, 1.807) is 0 Å². The molecule has 1 aliphatic carbocycles. The van der Waals surface area contributed by atoms with Gasteiger partial charge < -0.3 is 14.8 Å². The molecule has 1 aromatic heterocycles. The summed E-state index contributed by atoms with van der Waals surface area (Å²) in [6.07, 6.45) is 3.23. The lowest BCUT2D eigenvalue weighted by atomic mass is 9.78. The molecule has 6 nitrogen and oxygen atoms in total. The Labute approximate surface area is 207 Å². The number of imidazole rings is 1. The number of aromatic nitrogens is 2. The largest absolute Gasteiger partial charge is 0.347 e. The third-order valence-corrected chi connectivity index (χ3v) is 8.11. The fourth-order valence-corrected chi connectivity index (χ4v) is 5.91. The van der Waals surface area contributed by atoms with Crippen molar-refractivity contribution in [3.8, 4) is 11.4 Å². The van der Waals surface area contributed by atoms with Crippen LogP contribution >= 0.6 is 0 Å². The van der Waals surface area contributed by atoms with Gasteiger partial charge in [-0.1, -0.05) is 75.7 Å². The number of benzene rings is 2. The molecule has 2 atom stereocenters. The van der Waals surface area contributed by atoms with Crippen LogP contribution in [0.5, 0.6) is 0 Å². The summed E-state index contributed by atoms with van der Waals surface area (Å²) in [5, 5.41) is 3.32. The molecule has 0 radical (unpaired) electrons. The van der Waals surface area contributed by atoms with Gasteiger partial charge in [0.15, 0.2) is 5.69 Å². The van der Waals surface area contributed by atoms with Crippen molar-refractivity contribution in [2.45, 2.75) is 59.2 Å². The van der Waals surface area contributed by atoms with Crippen molar-refractivity contribution in [1.82, 2.24) is 19.8 Å². The van der Waals surface area contributed by atoms with E-state index < -0.39 is 0 Å². The highest BCUT2D eigenvalue weighted by Crippen LogP contribution is 2.44. The summed E-state index contributed by atoms with van der Waals surface area (Å²) in [4.78, 5) is 33.5. The first-order valence-corrected chi connectivity index (χ1v) is 12.7. The van der Waals surface area contributed by atoms with E-state index >= 15 is 0 Å². The number of rotatable bonds is 5. The smallest absolute Gasteiger partial charge is 0.272 e. The number of amides is 2. The Hall–Kier alpha value is -3.41. The summed E-state index contributed by atoms with van der Waals surface area (Å²) in [6, 6.07) is 19.4. The predicted molar refractivity (Wildman–Crippen MR) is 137 cm³/mol. The van der Waals surface area contributed by atoms with Gasteiger partial charge in [0.05, 0.1) is 12.2 Å². The lowest BCUT2D eigenvalue weighted by molar-refractivity contribution is 0.0707. The Morgan fingerprint density at radius 3 is 2.34 bits per heavy atom. The first-order valence-electron chi connectivity index (χ1n) is 12.7. The maximum Gasteiger partial charge on any atom is 0.272 e. The van der Waals surface area contributed by atoms with Crippen LogP contribution in [0.1, 0.15) is 66.6 Å². The van der Waals surface area contributed by atoms with Crippen LogP contribution in [0.3, 0.4) is 0 Å². The quantitative estimate of drug-likeness (QED) is 0.561. The van der Waals surface area contributed by atoms with Crippen molar-refractivity contribution in [3.63, 3.8) is 0 Å². The summed E-state index contributed by atoms with van der Waals surface area (Å²) in [7, 11) is 0. The standard InChI is InChI=1S/C29H34N4O2/c1-4-22-15-16-24(29(22,2)3)30-27(34)25-23-19-32(28(35)21-13-9-6-10-14-21)17-18-33(23)26(31-25)20-11-7-5-8-12-20/h5-14,22,24H,4,15-19H2,1-3H3,(H,30,34). The topological polar surface area (TPSA) is 67.2 Å². The van der Waals surface area contributed by atoms with Crippen molar-refractivity contribution in [2.24, 2.45) is 11.3 Å². The number of hydrogen-bond acceptors (Lipinski definition) is 3. The van der Waals surface area contributed by atoms with Crippen molar-refractivity contribution < 1.29 is 9.59 Å². The first kappa shape index (κ1) is 23.3. The molecule has 2 heterocycles. The van der Waals surface area contributed by atoms with E-state index in [2.05, 4.69) is 30.7 Å². The Bertz CT molecular complexity index is 1220. The van der Waals surface area contributed by atoms with E-state index in [-0.39, 0.29) is 23.3 Å². The Balaban J connectivity index is 1.48. The summed E-state index contributed by atoms with van der Waals surface area (Å²) in [5.74, 6) is 1.23. The fraction of sp³-hybridized carbons (Fsp3) is 0.414. The Morgan fingerprint density at radius 2 is 1.69 bits per heavy atom. The lowest BCUT2D eigenvalue weighted by Gasteiger charge is -2.33. The van der Waals surface area contributed by atoms with Crippen LogP contribution in [0, 0.1) is 11.3 Å². The van der Waals surface area contributed by atoms with Gasteiger partial charge in [-0.15, -0.1) is 0 Å². The van der Waals surface area contributed by atoms with E-state index in [1.165, 1.54) is 0 Å². The molecule has 182 valence electrons. The van der Waals surface area contributed by atoms with Crippen LogP contribution in [0.25, 0.3) is 11.4 Å². The minimum absolute atomic E-state index is 0.0200. The highest BCUT2D eigenvalue weighted by molar-refractivity contribution is 5.96. The van der Waals surface area contributed by atoms with Gasteiger partial charge in [0.25, 0.3) is 11.8 Å². The van der Waals surface area contributed by atoms with Gasteiger partial charge in [-0.3, -0.25) is 9.59 Å². The van der Waals surface area contributed by atoms with E-state index in [0.29, 0.717) is 36.8 Å². The molecule has 2 amide bonds. The monoisotopic (exact) mass is 470 g/mol. The maximum absolute atomic E-state index is 13.7. The summed E-state index contributed by atoms with van der Waals surface area (Å²) < 4.78 is 2.12. The van der Waals surface area contributed by atoms with E-state index in [9.17, 15) is 9.59 Å². The summed E-state index contributed by atoms with van der Waals surface area (Å²) in [5.41, 5.74) is 2.92. The first-order chi connectivity index (χ1) is 16.9. The van der Waals surface area contributed by atoms with Crippen LogP contribution in [-0.2, 0) is 13.1 Å². The molecule has 2 aliphatic rings. The molecule has 5 rings (SSSR count). The molecule has 1 saturated carbocycles. The highest BCUT2D eigenvalue weighted by Gasteiger charge is 2.43. The number of hydrogen-bond donors (Lipinski definition) is 1. The zero-order chi connectivity index (χ0) is 24.6. The minimum Gasteiger partial charge on any atom is -0.347 e. The lowest BCUT2D eigenvalue weighted by Crippen LogP contribution is -2.44. The molecular formula is C29H34N4O2. The van der Waals surface area contributed by atoms with Crippen molar-refractivity contribution >= 4 is 11.8 Å². The molecule has 1 aliphatic heterocycles. The molecule has 1 N–H and O–H groups in total. The molecule has 1 fully saturated rings. The van der Waals surface area contributed by atoms with Gasteiger partial charge in [0, 0.05) is 30.3 Å². The molecule has 35 heavy (non-hydrogen) atoms. The van der Waals surface area contributed by atoms with Gasteiger partial charge in [-0.25, -0.2) is 4.98 Å². The van der Waals surface area contributed by atoms with Crippen molar-refractivity contribution in [1.29, 1.82) is 0 Å². The van der Waals surface area contributed by atoms with Crippen LogP contribution in [0.15, 0.2) is 60.7 Å². The molecule has 3 aromatic rings. The molecule has 2 unspecified atom stereocenters. The summed E-state index contributed by atoms with van der Waals surface area (Å²) in [6.45, 7) is 8.29. The number of nitrogens with zero attached hydrogens (tertiary/aromatic N) is 3.